The lowest BCUT2D eigenvalue weighted by atomic mass is 10.0. The minimum Gasteiger partial charge on any atom is -0.444 e. The lowest BCUT2D eigenvalue weighted by molar-refractivity contribution is 0.0521. The molecular formula is C18H30N4O3. The van der Waals surface area contributed by atoms with Gasteiger partial charge in [-0.05, 0) is 44.7 Å². The van der Waals surface area contributed by atoms with Gasteiger partial charge in [-0.1, -0.05) is 19.9 Å². The van der Waals surface area contributed by atoms with Crippen molar-refractivity contribution in [2.24, 2.45) is 5.92 Å². The van der Waals surface area contributed by atoms with Gasteiger partial charge in [0, 0.05) is 31.5 Å². The minimum absolute atomic E-state index is 0.179. The Morgan fingerprint density at radius 1 is 1.24 bits per heavy atom. The van der Waals surface area contributed by atoms with Crippen LogP contribution in [0.15, 0.2) is 24.5 Å². The van der Waals surface area contributed by atoms with E-state index in [-0.39, 0.29) is 12.1 Å². The predicted molar refractivity (Wildman–Crippen MR) is 97.1 cm³/mol. The number of nitrogens with zero attached hydrogens (tertiary/aromatic N) is 1. The standard InChI is InChI=1S/C18H30N4O3/c1-13(2)9-15(12-21-17(24)25-18(3,4)5)22-16(23)20-11-14-7-6-8-19-10-14/h6-8,10,13,15H,9,11-12H2,1-5H3,(H,21,24)(H2,20,22,23). The molecule has 140 valence electrons. The number of hydrogen-bond acceptors (Lipinski definition) is 4. The molecule has 1 atom stereocenters. The SMILES string of the molecule is CC(C)CC(CNC(=O)OC(C)(C)C)NC(=O)NCc1cccnc1. The van der Waals surface area contributed by atoms with Gasteiger partial charge in [-0.3, -0.25) is 4.98 Å². The summed E-state index contributed by atoms with van der Waals surface area (Å²) in [6.45, 7) is 10.3. The second kappa shape index (κ2) is 9.86. The molecule has 0 radical (unpaired) electrons. The van der Waals surface area contributed by atoms with Crippen molar-refractivity contribution in [1.29, 1.82) is 0 Å². The molecule has 3 N–H and O–H groups in total. The molecule has 1 unspecified atom stereocenters. The van der Waals surface area contributed by atoms with Crippen molar-refractivity contribution in [1.82, 2.24) is 20.9 Å². The van der Waals surface area contributed by atoms with Gasteiger partial charge in [0.15, 0.2) is 0 Å². The van der Waals surface area contributed by atoms with Crippen LogP contribution in [0.25, 0.3) is 0 Å². The molecule has 0 aliphatic rings. The van der Waals surface area contributed by atoms with E-state index >= 15 is 0 Å². The van der Waals surface area contributed by atoms with Crippen molar-refractivity contribution in [2.45, 2.75) is 59.2 Å². The van der Waals surface area contributed by atoms with Crippen LogP contribution >= 0.6 is 0 Å². The molecule has 0 fully saturated rings. The minimum atomic E-state index is -0.549. The van der Waals surface area contributed by atoms with Crippen molar-refractivity contribution < 1.29 is 14.3 Å². The second-order valence-corrected chi connectivity index (χ2v) is 7.40. The first-order chi connectivity index (χ1) is 11.7. The third-order valence-electron chi connectivity index (χ3n) is 3.16. The van der Waals surface area contributed by atoms with Crippen LogP contribution in [-0.2, 0) is 11.3 Å². The number of carbonyl (C=O) groups excluding carboxylic acids is 2. The van der Waals surface area contributed by atoms with E-state index < -0.39 is 11.7 Å². The maximum atomic E-state index is 12.1. The molecule has 0 aromatic carbocycles. The van der Waals surface area contributed by atoms with Gasteiger partial charge in [-0.15, -0.1) is 0 Å². The van der Waals surface area contributed by atoms with E-state index in [0.717, 1.165) is 12.0 Å². The van der Waals surface area contributed by atoms with Gasteiger partial charge in [0.2, 0.25) is 0 Å². The highest BCUT2D eigenvalue weighted by molar-refractivity contribution is 5.74. The Hall–Kier alpha value is -2.31. The molecule has 25 heavy (non-hydrogen) atoms. The number of aromatic nitrogens is 1. The molecule has 1 rings (SSSR count). The van der Waals surface area contributed by atoms with E-state index in [1.807, 2.05) is 32.9 Å². The van der Waals surface area contributed by atoms with Gasteiger partial charge in [0.25, 0.3) is 0 Å². The van der Waals surface area contributed by atoms with E-state index in [0.29, 0.717) is 19.0 Å². The third-order valence-corrected chi connectivity index (χ3v) is 3.16. The summed E-state index contributed by atoms with van der Waals surface area (Å²) >= 11 is 0. The summed E-state index contributed by atoms with van der Waals surface area (Å²) in [6.07, 6.45) is 3.65. The summed E-state index contributed by atoms with van der Waals surface area (Å²) in [5.74, 6) is 0.379. The fraction of sp³-hybridized carbons (Fsp3) is 0.611. The highest BCUT2D eigenvalue weighted by atomic mass is 16.6. The fourth-order valence-electron chi connectivity index (χ4n) is 2.20. The molecule has 0 aliphatic heterocycles. The molecule has 1 aromatic heterocycles. The Balaban J connectivity index is 2.45. The second-order valence-electron chi connectivity index (χ2n) is 7.40. The lowest BCUT2D eigenvalue weighted by Crippen LogP contribution is -2.48. The normalized spacial score (nSPS) is 12.4. The van der Waals surface area contributed by atoms with Crippen LogP contribution in [0.2, 0.25) is 0 Å². The zero-order valence-electron chi connectivity index (χ0n) is 15.8. The first kappa shape index (κ1) is 20.7. The predicted octanol–water partition coefficient (Wildman–Crippen LogP) is 2.82. The number of pyridine rings is 1. The Morgan fingerprint density at radius 2 is 1.96 bits per heavy atom. The molecular weight excluding hydrogens is 320 g/mol. The smallest absolute Gasteiger partial charge is 0.407 e. The number of nitrogens with one attached hydrogen (secondary N) is 3. The van der Waals surface area contributed by atoms with Gasteiger partial charge in [-0.2, -0.15) is 0 Å². The quantitative estimate of drug-likeness (QED) is 0.705. The molecule has 7 heteroatoms. The maximum absolute atomic E-state index is 12.1. The number of rotatable bonds is 7. The first-order valence-electron chi connectivity index (χ1n) is 8.56. The molecule has 3 amide bonds. The molecule has 0 spiro atoms. The molecule has 0 aliphatic carbocycles. The van der Waals surface area contributed by atoms with Crippen molar-refractivity contribution in [3.8, 4) is 0 Å². The van der Waals surface area contributed by atoms with Gasteiger partial charge in [0.1, 0.15) is 5.60 Å². The van der Waals surface area contributed by atoms with Crippen LogP contribution in [0.3, 0.4) is 0 Å². The molecule has 0 saturated heterocycles. The summed E-state index contributed by atoms with van der Waals surface area (Å²) in [7, 11) is 0. The van der Waals surface area contributed by atoms with Crippen molar-refractivity contribution in [2.75, 3.05) is 6.54 Å². The van der Waals surface area contributed by atoms with E-state index in [4.69, 9.17) is 4.74 Å². The van der Waals surface area contributed by atoms with Gasteiger partial charge >= 0.3 is 12.1 Å². The summed E-state index contributed by atoms with van der Waals surface area (Å²) < 4.78 is 5.22. The van der Waals surface area contributed by atoms with Crippen LogP contribution in [0, 0.1) is 5.92 Å². The summed E-state index contributed by atoms with van der Waals surface area (Å²) in [5.41, 5.74) is 0.372. The van der Waals surface area contributed by atoms with Crippen molar-refractivity contribution in [3.63, 3.8) is 0 Å². The Labute approximate surface area is 149 Å². The Morgan fingerprint density at radius 3 is 2.52 bits per heavy atom. The zero-order valence-corrected chi connectivity index (χ0v) is 15.8. The van der Waals surface area contributed by atoms with E-state index in [9.17, 15) is 9.59 Å². The topological polar surface area (TPSA) is 92.4 Å². The largest absolute Gasteiger partial charge is 0.444 e. The van der Waals surface area contributed by atoms with Crippen LogP contribution in [0.5, 0.6) is 0 Å². The van der Waals surface area contributed by atoms with Crippen LogP contribution in [-0.4, -0.2) is 35.3 Å². The van der Waals surface area contributed by atoms with Crippen molar-refractivity contribution >= 4 is 12.1 Å². The lowest BCUT2D eigenvalue weighted by Gasteiger charge is -2.23. The van der Waals surface area contributed by atoms with Crippen LogP contribution < -0.4 is 16.0 Å². The van der Waals surface area contributed by atoms with E-state index in [2.05, 4.69) is 34.8 Å². The highest BCUT2D eigenvalue weighted by Crippen LogP contribution is 2.07. The molecule has 1 heterocycles. The average Bonchev–Trinajstić information content (AvgIpc) is 2.49. The third kappa shape index (κ3) is 10.2. The highest BCUT2D eigenvalue weighted by Gasteiger charge is 2.19. The first-order valence-corrected chi connectivity index (χ1v) is 8.56. The number of ether oxygens (including phenoxy) is 1. The summed E-state index contributed by atoms with van der Waals surface area (Å²) in [5, 5.41) is 8.40. The molecule has 1 aromatic rings. The number of alkyl carbamates (subject to hydrolysis) is 1. The average molecular weight is 350 g/mol. The Kier molecular flexibility index (Phi) is 8.18. The van der Waals surface area contributed by atoms with E-state index in [1.165, 1.54) is 0 Å². The van der Waals surface area contributed by atoms with Gasteiger partial charge < -0.3 is 20.7 Å². The number of carbonyl (C=O) groups is 2. The fourth-order valence-corrected chi connectivity index (χ4v) is 2.20. The summed E-state index contributed by atoms with van der Waals surface area (Å²) in [4.78, 5) is 27.9. The molecule has 0 bridgehead atoms. The molecule has 0 saturated carbocycles. The maximum Gasteiger partial charge on any atom is 0.407 e. The van der Waals surface area contributed by atoms with E-state index in [1.54, 1.807) is 12.4 Å². The van der Waals surface area contributed by atoms with Gasteiger partial charge in [-0.25, -0.2) is 9.59 Å². The molecule has 7 nitrogen and oxygen atoms in total. The number of amides is 3. The van der Waals surface area contributed by atoms with Gasteiger partial charge in [0.05, 0.1) is 0 Å². The van der Waals surface area contributed by atoms with Crippen molar-refractivity contribution in [3.05, 3.63) is 30.1 Å². The van der Waals surface area contributed by atoms with Crippen LogP contribution in [0.1, 0.15) is 46.6 Å². The zero-order chi connectivity index (χ0) is 18.9. The van der Waals surface area contributed by atoms with Crippen LogP contribution in [0.4, 0.5) is 9.59 Å². The number of hydrogen-bond donors (Lipinski definition) is 3. The number of urea groups is 1. The monoisotopic (exact) mass is 350 g/mol. The Bertz CT molecular complexity index is 541. The summed E-state index contributed by atoms with van der Waals surface area (Å²) in [6, 6.07) is 3.26.